The molecule has 0 amide bonds. The number of nitrogens with one attached hydrogen (secondary N) is 2. The van der Waals surface area contributed by atoms with Crippen LogP contribution in [0.25, 0.3) is 34.0 Å². The Morgan fingerprint density at radius 1 is 1.14 bits per heavy atom. The van der Waals surface area contributed by atoms with Gasteiger partial charge in [0.15, 0.2) is 11.5 Å². The third kappa shape index (κ3) is 3.57. The highest BCUT2D eigenvalue weighted by molar-refractivity contribution is 5.82. The van der Waals surface area contributed by atoms with Crippen molar-refractivity contribution < 1.29 is 8.83 Å². The fraction of sp³-hybridized carbons (Fsp3) is 0.190. The van der Waals surface area contributed by atoms with Gasteiger partial charge in [-0.15, -0.1) is 0 Å². The Bertz CT molecular complexity index is 1200. The van der Waals surface area contributed by atoms with Gasteiger partial charge in [0.25, 0.3) is 0 Å². The second-order valence-electron chi connectivity index (χ2n) is 6.83. The van der Waals surface area contributed by atoms with Gasteiger partial charge in [0.1, 0.15) is 17.1 Å². The summed E-state index contributed by atoms with van der Waals surface area (Å²) in [4.78, 5) is 4.46. The molecule has 8 heteroatoms. The summed E-state index contributed by atoms with van der Waals surface area (Å²) in [7, 11) is 1.92. The van der Waals surface area contributed by atoms with Crippen LogP contribution < -0.4 is 5.32 Å². The first-order valence-corrected chi connectivity index (χ1v) is 9.43. The molecule has 0 aliphatic heterocycles. The van der Waals surface area contributed by atoms with E-state index in [2.05, 4.69) is 25.6 Å². The van der Waals surface area contributed by atoms with Crippen LogP contribution in [0.5, 0.6) is 0 Å². The second-order valence-corrected chi connectivity index (χ2v) is 6.83. The maximum atomic E-state index is 5.99. The van der Waals surface area contributed by atoms with Gasteiger partial charge in [-0.05, 0) is 24.3 Å². The van der Waals surface area contributed by atoms with E-state index in [1.165, 1.54) is 0 Å². The average molecular weight is 388 g/mol. The maximum absolute atomic E-state index is 5.99. The van der Waals surface area contributed by atoms with Crippen LogP contribution in [0.2, 0.25) is 0 Å². The lowest BCUT2D eigenvalue weighted by Crippen LogP contribution is -2.17. The first-order chi connectivity index (χ1) is 14.3. The molecule has 0 spiro atoms. The summed E-state index contributed by atoms with van der Waals surface area (Å²) in [6.45, 7) is 1.43. The van der Waals surface area contributed by atoms with Crippen molar-refractivity contribution in [3.63, 3.8) is 0 Å². The van der Waals surface area contributed by atoms with Crippen LogP contribution in [0.3, 0.4) is 0 Å². The Kier molecular flexibility index (Phi) is 4.45. The zero-order chi connectivity index (χ0) is 19.6. The van der Waals surface area contributed by atoms with Crippen molar-refractivity contribution in [2.24, 2.45) is 7.05 Å². The van der Waals surface area contributed by atoms with E-state index in [0.29, 0.717) is 18.1 Å². The Morgan fingerprint density at radius 3 is 2.93 bits per heavy atom. The van der Waals surface area contributed by atoms with Crippen molar-refractivity contribution in [1.82, 2.24) is 30.3 Å². The number of aromatic nitrogens is 5. The molecule has 2 N–H and O–H groups in total. The molecule has 0 radical (unpaired) electrons. The lowest BCUT2D eigenvalue weighted by Gasteiger charge is -2.02. The number of furan rings is 2. The van der Waals surface area contributed by atoms with Gasteiger partial charge in [-0.1, -0.05) is 18.2 Å². The van der Waals surface area contributed by atoms with Crippen molar-refractivity contribution >= 4 is 11.0 Å². The van der Waals surface area contributed by atoms with E-state index in [9.17, 15) is 0 Å². The van der Waals surface area contributed by atoms with Gasteiger partial charge >= 0.3 is 0 Å². The molecule has 29 heavy (non-hydrogen) atoms. The van der Waals surface area contributed by atoms with Crippen LogP contribution in [0.1, 0.15) is 11.4 Å². The number of hydrogen-bond acceptors (Lipinski definition) is 6. The molecule has 146 valence electrons. The van der Waals surface area contributed by atoms with Gasteiger partial charge in [-0.3, -0.25) is 9.78 Å². The standard InChI is InChI=1S/C21H20N6O2/c1-27-13-15(20(26-27)18-11-14-5-2-3-6-16(14)29-18)12-22-9-8-19-23-21(25-24-19)17-7-4-10-28-17/h2-7,10-11,13,22H,8-9,12H2,1H3,(H,23,24,25). The molecule has 4 heterocycles. The largest absolute Gasteiger partial charge is 0.461 e. The summed E-state index contributed by atoms with van der Waals surface area (Å²) in [5.41, 5.74) is 2.81. The summed E-state index contributed by atoms with van der Waals surface area (Å²) in [5.74, 6) is 2.82. The Balaban J connectivity index is 1.24. The lowest BCUT2D eigenvalue weighted by atomic mass is 10.2. The van der Waals surface area contributed by atoms with Crippen LogP contribution >= 0.6 is 0 Å². The summed E-state index contributed by atoms with van der Waals surface area (Å²) >= 11 is 0. The van der Waals surface area contributed by atoms with E-state index >= 15 is 0 Å². The van der Waals surface area contributed by atoms with Gasteiger partial charge in [0, 0.05) is 43.7 Å². The number of aryl methyl sites for hydroxylation is 1. The summed E-state index contributed by atoms with van der Waals surface area (Å²) < 4.78 is 13.1. The van der Waals surface area contributed by atoms with E-state index in [4.69, 9.17) is 8.83 Å². The van der Waals surface area contributed by atoms with Crippen LogP contribution in [-0.2, 0) is 20.0 Å². The molecule has 0 aliphatic carbocycles. The van der Waals surface area contributed by atoms with E-state index < -0.39 is 0 Å². The van der Waals surface area contributed by atoms with Gasteiger partial charge < -0.3 is 14.2 Å². The zero-order valence-electron chi connectivity index (χ0n) is 15.9. The smallest absolute Gasteiger partial charge is 0.216 e. The van der Waals surface area contributed by atoms with Crippen LogP contribution in [0.15, 0.2) is 63.8 Å². The summed E-state index contributed by atoms with van der Waals surface area (Å²) in [6, 6.07) is 13.7. The molecule has 5 rings (SSSR count). The van der Waals surface area contributed by atoms with Gasteiger partial charge in [-0.2, -0.15) is 10.2 Å². The van der Waals surface area contributed by atoms with Crippen molar-refractivity contribution in [2.45, 2.75) is 13.0 Å². The summed E-state index contributed by atoms with van der Waals surface area (Å²) in [6.07, 6.45) is 4.35. The van der Waals surface area contributed by atoms with Crippen molar-refractivity contribution in [3.8, 4) is 23.0 Å². The number of para-hydroxylation sites is 1. The maximum Gasteiger partial charge on any atom is 0.216 e. The van der Waals surface area contributed by atoms with Crippen molar-refractivity contribution in [2.75, 3.05) is 6.54 Å². The SMILES string of the molecule is Cn1cc(CNCCc2nc(-c3ccco3)n[nH]2)c(-c2cc3ccccc3o2)n1. The minimum atomic E-state index is 0.574. The molecule has 0 bridgehead atoms. The van der Waals surface area contributed by atoms with Crippen LogP contribution in [-0.4, -0.2) is 31.5 Å². The molecular weight excluding hydrogens is 368 g/mol. The molecule has 0 saturated carbocycles. The first-order valence-electron chi connectivity index (χ1n) is 9.43. The number of aromatic amines is 1. The molecule has 5 aromatic rings. The van der Waals surface area contributed by atoms with E-state index in [1.807, 2.05) is 60.4 Å². The average Bonchev–Trinajstić information content (AvgIpc) is 3.50. The van der Waals surface area contributed by atoms with Crippen LogP contribution in [0, 0.1) is 0 Å². The predicted molar refractivity (Wildman–Crippen MR) is 108 cm³/mol. The topological polar surface area (TPSA) is 97.7 Å². The fourth-order valence-corrected chi connectivity index (χ4v) is 3.33. The minimum absolute atomic E-state index is 0.574. The molecule has 8 nitrogen and oxygen atoms in total. The number of hydrogen-bond donors (Lipinski definition) is 2. The highest BCUT2D eigenvalue weighted by Gasteiger charge is 2.15. The minimum Gasteiger partial charge on any atom is -0.461 e. The highest BCUT2D eigenvalue weighted by Crippen LogP contribution is 2.28. The van der Waals surface area contributed by atoms with Gasteiger partial charge in [0.2, 0.25) is 5.82 Å². The van der Waals surface area contributed by atoms with E-state index in [-0.39, 0.29) is 0 Å². The fourth-order valence-electron chi connectivity index (χ4n) is 3.33. The van der Waals surface area contributed by atoms with Crippen LogP contribution in [0.4, 0.5) is 0 Å². The number of benzene rings is 1. The molecule has 1 aromatic carbocycles. The van der Waals surface area contributed by atoms with Crippen molar-refractivity contribution in [3.05, 3.63) is 66.3 Å². The predicted octanol–water partition coefficient (Wildman–Crippen LogP) is 3.54. The Morgan fingerprint density at radius 2 is 2.07 bits per heavy atom. The molecular formula is C21H20N6O2. The lowest BCUT2D eigenvalue weighted by molar-refractivity contribution is 0.577. The quantitative estimate of drug-likeness (QED) is 0.414. The third-order valence-corrected chi connectivity index (χ3v) is 4.69. The number of rotatable bonds is 7. The zero-order valence-corrected chi connectivity index (χ0v) is 15.9. The Labute approximate surface area is 166 Å². The molecule has 0 unspecified atom stereocenters. The highest BCUT2D eigenvalue weighted by atomic mass is 16.3. The molecule has 0 atom stereocenters. The molecule has 0 fully saturated rings. The number of fused-ring (bicyclic) bond motifs is 1. The molecule has 0 saturated heterocycles. The van der Waals surface area contributed by atoms with Gasteiger partial charge in [0.05, 0.1) is 6.26 Å². The van der Waals surface area contributed by atoms with E-state index in [0.717, 1.165) is 46.8 Å². The number of H-pyrrole nitrogens is 1. The first kappa shape index (κ1) is 17.4. The normalized spacial score (nSPS) is 11.5. The Hall–Kier alpha value is -3.65. The van der Waals surface area contributed by atoms with Crippen molar-refractivity contribution in [1.29, 1.82) is 0 Å². The number of nitrogens with zero attached hydrogens (tertiary/aromatic N) is 4. The van der Waals surface area contributed by atoms with Gasteiger partial charge in [-0.25, -0.2) is 4.98 Å². The van der Waals surface area contributed by atoms with E-state index in [1.54, 1.807) is 6.26 Å². The summed E-state index contributed by atoms with van der Waals surface area (Å²) in [5, 5.41) is 16.3. The third-order valence-electron chi connectivity index (χ3n) is 4.69. The second kappa shape index (κ2) is 7.40. The molecule has 0 aliphatic rings. The molecule has 4 aromatic heterocycles. The monoisotopic (exact) mass is 388 g/mol.